The summed E-state index contributed by atoms with van der Waals surface area (Å²) in [6, 6.07) is 2.00. The molecule has 2 heterocycles. The highest BCUT2D eigenvalue weighted by molar-refractivity contribution is 5.79. The fraction of sp³-hybridized carbons (Fsp3) is 0.692. The Kier molecular flexibility index (Phi) is 4.36. The highest BCUT2D eigenvalue weighted by Crippen LogP contribution is 2.15. The van der Waals surface area contributed by atoms with Gasteiger partial charge in [0.05, 0.1) is 12.5 Å². The third-order valence-electron chi connectivity index (χ3n) is 3.35. The van der Waals surface area contributed by atoms with E-state index in [4.69, 9.17) is 0 Å². The summed E-state index contributed by atoms with van der Waals surface area (Å²) in [4.78, 5) is 12.1. The zero-order valence-electron chi connectivity index (χ0n) is 11.1. The third kappa shape index (κ3) is 3.57. The molecule has 1 aromatic heterocycles. The first kappa shape index (κ1) is 13.1. The summed E-state index contributed by atoms with van der Waals surface area (Å²) in [7, 11) is 0. The molecule has 0 spiro atoms. The molecule has 100 valence electrons. The first-order valence-electron chi connectivity index (χ1n) is 6.63. The quantitative estimate of drug-likeness (QED) is 0.824. The molecule has 0 radical (unpaired) electrons. The van der Waals surface area contributed by atoms with Crippen LogP contribution in [0.1, 0.15) is 20.3 Å². The molecule has 1 amide bonds. The molecule has 18 heavy (non-hydrogen) atoms. The van der Waals surface area contributed by atoms with Gasteiger partial charge in [-0.15, -0.1) is 0 Å². The zero-order valence-corrected chi connectivity index (χ0v) is 11.1. The average Bonchev–Trinajstić information content (AvgIpc) is 2.81. The van der Waals surface area contributed by atoms with Crippen molar-refractivity contribution in [1.82, 2.24) is 20.4 Å². The molecule has 3 atom stereocenters. The van der Waals surface area contributed by atoms with Gasteiger partial charge in [-0.1, -0.05) is 6.92 Å². The number of hydrogen-bond donors (Lipinski definition) is 2. The van der Waals surface area contributed by atoms with Gasteiger partial charge in [0.2, 0.25) is 5.91 Å². The third-order valence-corrected chi connectivity index (χ3v) is 3.35. The standard InChI is InChI=1S/C13H22N4O/c1-10-6-12(8-14-7-10)13(18)16-11(2)9-17-5-3-4-15-17/h3-5,10-12,14H,6-9H2,1-2H3,(H,16,18). The Morgan fingerprint density at radius 1 is 1.61 bits per heavy atom. The minimum absolute atomic E-state index is 0.105. The summed E-state index contributed by atoms with van der Waals surface area (Å²) in [5.74, 6) is 0.846. The van der Waals surface area contributed by atoms with Crippen LogP contribution in [-0.4, -0.2) is 34.8 Å². The average molecular weight is 250 g/mol. The highest BCUT2D eigenvalue weighted by Gasteiger charge is 2.25. The molecule has 1 aliphatic rings. The summed E-state index contributed by atoms with van der Waals surface area (Å²) in [5.41, 5.74) is 0. The summed E-state index contributed by atoms with van der Waals surface area (Å²) in [6.07, 6.45) is 4.64. The van der Waals surface area contributed by atoms with E-state index in [2.05, 4.69) is 22.7 Å². The Hall–Kier alpha value is -1.36. The molecule has 2 rings (SSSR count). The topological polar surface area (TPSA) is 59.0 Å². The Morgan fingerprint density at radius 3 is 3.11 bits per heavy atom. The predicted octanol–water partition coefficient (Wildman–Crippen LogP) is 0.633. The van der Waals surface area contributed by atoms with E-state index in [0.29, 0.717) is 12.5 Å². The first-order valence-corrected chi connectivity index (χ1v) is 6.63. The first-order chi connectivity index (χ1) is 8.65. The van der Waals surface area contributed by atoms with Crippen molar-refractivity contribution < 1.29 is 4.79 Å². The van der Waals surface area contributed by atoms with Crippen molar-refractivity contribution in [2.75, 3.05) is 13.1 Å². The van der Waals surface area contributed by atoms with Crippen LogP contribution in [0.2, 0.25) is 0 Å². The van der Waals surface area contributed by atoms with Gasteiger partial charge < -0.3 is 10.6 Å². The molecule has 0 aromatic carbocycles. The number of carbonyl (C=O) groups excluding carboxylic acids is 1. The largest absolute Gasteiger partial charge is 0.352 e. The maximum atomic E-state index is 12.1. The molecule has 2 N–H and O–H groups in total. The molecule has 1 saturated heterocycles. The SMILES string of the molecule is CC1CNCC(C(=O)NC(C)Cn2cccn2)C1. The Bertz CT molecular complexity index is 376. The van der Waals surface area contributed by atoms with Crippen LogP contribution in [0.15, 0.2) is 18.5 Å². The number of rotatable bonds is 4. The van der Waals surface area contributed by atoms with Gasteiger partial charge in [0, 0.05) is 25.0 Å². The van der Waals surface area contributed by atoms with Crippen LogP contribution in [-0.2, 0) is 11.3 Å². The zero-order chi connectivity index (χ0) is 13.0. The van der Waals surface area contributed by atoms with Crippen molar-refractivity contribution in [2.24, 2.45) is 11.8 Å². The minimum Gasteiger partial charge on any atom is -0.352 e. The number of nitrogens with zero attached hydrogens (tertiary/aromatic N) is 2. The lowest BCUT2D eigenvalue weighted by Crippen LogP contribution is -2.46. The van der Waals surface area contributed by atoms with E-state index in [-0.39, 0.29) is 17.9 Å². The number of nitrogens with one attached hydrogen (secondary N) is 2. The molecule has 3 unspecified atom stereocenters. The van der Waals surface area contributed by atoms with Crippen molar-refractivity contribution in [3.05, 3.63) is 18.5 Å². The Morgan fingerprint density at radius 2 is 2.44 bits per heavy atom. The van der Waals surface area contributed by atoms with Gasteiger partial charge in [0.15, 0.2) is 0 Å². The van der Waals surface area contributed by atoms with Crippen LogP contribution in [0.4, 0.5) is 0 Å². The molecule has 1 fully saturated rings. The van der Waals surface area contributed by atoms with Gasteiger partial charge in [-0.05, 0) is 31.9 Å². The fourth-order valence-corrected chi connectivity index (χ4v) is 2.45. The summed E-state index contributed by atoms with van der Waals surface area (Å²) < 4.78 is 1.84. The molecule has 5 heteroatoms. The van der Waals surface area contributed by atoms with Crippen LogP contribution in [0, 0.1) is 11.8 Å². The lowest BCUT2D eigenvalue weighted by molar-refractivity contribution is -0.126. The summed E-state index contributed by atoms with van der Waals surface area (Å²) in [5, 5.41) is 10.5. The minimum atomic E-state index is 0.105. The number of carbonyl (C=O) groups is 1. The predicted molar refractivity (Wildman–Crippen MR) is 70.0 cm³/mol. The van der Waals surface area contributed by atoms with Gasteiger partial charge >= 0.3 is 0 Å². The van der Waals surface area contributed by atoms with Gasteiger partial charge in [-0.25, -0.2) is 0 Å². The van der Waals surface area contributed by atoms with E-state index in [0.717, 1.165) is 19.5 Å². The van der Waals surface area contributed by atoms with Crippen LogP contribution in [0.5, 0.6) is 0 Å². The number of piperidine rings is 1. The van der Waals surface area contributed by atoms with Gasteiger partial charge in [0.1, 0.15) is 0 Å². The molecular weight excluding hydrogens is 228 g/mol. The normalized spacial score (nSPS) is 25.7. The van der Waals surface area contributed by atoms with Gasteiger partial charge in [0.25, 0.3) is 0 Å². The summed E-state index contributed by atoms with van der Waals surface area (Å²) in [6.45, 7) is 6.73. The molecular formula is C13H22N4O. The van der Waals surface area contributed by atoms with Crippen molar-refractivity contribution in [1.29, 1.82) is 0 Å². The lowest BCUT2D eigenvalue weighted by Gasteiger charge is -2.28. The van der Waals surface area contributed by atoms with Crippen molar-refractivity contribution in [3.63, 3.8) is 0 Å². The monoisotopic (exact) mass is 250 g/mol. The second kappa shape index (κ2) is 6.00. The van der Waals surface area contributed by atoms with E-state index in [9.17, 15) is 4.79 Å². The van der Waals surface area contributed by atoms with Crippen LogP contribution in [0.25, 0.3) is 0 Å². The summed E-state index contributed by atoms with van der Waals surface area (Å²) >= 11 is 0. The molecule has 1 aliphatic heterocycles. The molecule has 5 nitrogen and oxygen atoms in total. The van der Waals surface area contributed by atoms with E-state index in [1.807, 2.05) is 23.9 Å². The smallest absolute Gasteiger partial charge is 0.224 e. The van der Waals surface area contributed by atoms with Crippen LogP contribution < -0.4 is 10.6 Å². The van der Waals surface area contributed by atoms with Crippen LogP contribution in [0.3, 0.4) is 0 Å². The van der Waals surface area contributed by atoms with Gasteiger partial charge in [-0.2, -0.15) is 5.10 Å². The van der Waals surface area contributed by atoms with E-state index >= 15 is 0 Å². The fourth-order valence-electron chi connectivity index (χ4n) is 2.45. The number of hydrogen-bond acceptors (Lipinski definition) is 3. The molecule has 0 aliphatic carbocycles. The van der Waals surface area contributed by atoms with Crippen molar-refractivity contribution in [3.8, 4) is 0 Å². The van der Waals surface area contributed by atoms with E-state index < -0.39 is 0 Å². The second-order valence-corrected chi connectivity index (χ2v) is 5.33. The van der Waals surface area contributed by atoms with Crippen molar-refractivity contribution in [2.45, 2.75) is 32.9 Å². The van der Waals surface area contributed by atoms with E-state index in [1.165, 1.54) is 0 Å². The van der Waals surface area contributed by atoms with Gasteiger partial charge in [-0.3, -0.25) is 9.48 Å². The van der Waals surface area contributed by atoms with E-state index in [1.54, 1.807) is 6.20 Å². The Balaban J connectivity index is 1.79. The number of aromatic nitrogens is 2. The van der Waals surface area contributed by atoms with Crippen molar-refractivity contribution >= 4 is 5.91 Å². The molecule has 1 aromatic rings. The molecule has 0 saturated carbocycles. The lowest BCUT2D eigenvalue weighted by atomic mass is 9.91. The molecule has 0 bridgehead atoms. The number of amides is 1. The highest BCUT2D eigenvalue weighted by atomic mass is 16.2. The second-order valence-electron chi connectivity index (χ2n) is 5.33. The maximum Gasteiger partial charge on any atom is 0.224 e. The Labute approximate surface area is 108 Å². The maximum absolute atomic E-state index is 12.1. The van der Waals surface area contributed by atoms with Crippen LogP contribution >= 0.6 is 0 Å².